The van der Waals surface area contributed by atoms with Gasteiger partial charge in [-0.25, -0.2) is 0 Å². The lowest BCUT2D eigenvalue weighted by molar-refractivity contribution is 0.569. The Morgan fingerprint density at radius 2 is 1.42 bits per heavy atom. The molecule has 1 aliphatic carbocycles. The third-order valence-electron chi connectivity index (χ3n) is 5.62. The second kappa shape index (κ2) is 6.41. The van der Waals surface area contributed by atoms with Gasteiger partial charge in [0.25, 0.3) is 0 Å². The van der Waals surface area contributed by atoms with E-state index in [2.05, 4.69) is 91.8 Å². The first-order valence-electron chi connectivity index (χ1n) is 9.99. The van der Waals surface area contributed by atoms with Gasteiger partial charge in [-0.1, -0.05) is 90.4 Å². The van der Waals surface area contributed by atoms with Gasteiger partial charge in [0.1, 0.15) is 0 Å². The molecule has 3 rings (SSSR count). The first kappa shape index (κ1) is 19.0. The van der Waals surface area contributed by atoms with Gasteiger partial charge in [0, 0.05) is 0 Å². The van der Waals surface area contributed by atoms with Crippen LogP contribution < -0.4 is 0 Å². The summed E-state index contributed by atoms with van der Waals surface area (Å²) in [5.74, 6) is 0. The number of hydrogen-bond acceptors (Lipinski definition) is 0. The van der Waals surface area contributed by atoms with Crippen LogP contribution in [0.5, 0.6) is 0 Å². The van der Waals surface area contributed by atoms with Crippen molar-refractivity contribution in [2.24, 2.45) is 0 Å². The van der Waals surface area contributed by atoms with Gasteiger partial charge in [0.15, 0.2) is 0 Å². The smallest absolute Gasteiger partial charge is 0.00604 e. The fraction of sp³-hybridized carbons (Fsp3) is 0.462. The Kier molecular flexibility index (Phi) is 4.67. The molecule has 0 saturated heterocycles. The topological polar surface area (TPSA) is 0 Å². The van der Waals surface area contributed by atoms with Crippen LogP contribution in [0.2, 0.25) is 0 Å². The van der Waals surface area contributed by atoms with E-state index >= 15 is 0 Å². The summed E-state index contributed by atoms with van der Waals surface area (Å²) >= 11 is 0. The van der Waals surface area contributed by atoms with Crippen LogP contribution in [0.3, 0.4) is 0 Å². The highest BCUT2D eigenvalue weighted by molar-refractivity contribution is 5.83. The lowest BCUT2D eigenvalue weighted by Gasteiger charge is -2.27. The average Bonchev–Trinajstić information content (AvgIpc) is 2.91. The zero-order valence-corrected chi connectivity index (χ0v) is 17.9. The average molecular weight is 347 g/mol. The normalized spacial score (nSPS) is 14.4. The molecule has 0 fully saturated rings. The molecule has 0 aromatic heterocycles. The van der Waals surface area contributed by atoms with Gasteiger partial charge < -0.3 is 0 Å². The van der Waals surface area contributed by atoms with E-state index in [9.17, 15) is 0 Å². The van der Waals surface area contributed by atoms with E-state index in [1.807, 2.05) is 0 Å². The predicted octanol–water partition coefficient (Wildman–Crippen LogP) is 7.47. The van der Waals surface area contributed by atoms with Crippen LogP contribution in [-0.2, 0) is 23.7 Å². The predicted molar refractivity (Wildman–Crippen MR) is 116 cm³/mol. The molecular formula is C26H34. The molecule has 0 nitrogen and oxygen atoms in total. The molecule has 0 atom stereocenters. The van der Waals surface area contributed by atoms with Crippen molar-refractivity contribution in [3.05, 3.63) is 63.7 Å². The lowest BCUT2D eigenvalue weighted by Crippen LogP contribution is -2.16. The van der Waals surface area contributed by atoms with Gasteiger partial charge in [-0.2, -0.15) is 0 Å². The Balaban J connectivity index is 2.33. The number of fused-ring (bicyclic) bond motifs is 1. The van der Waals surface area contributed by atoms with E-state index < -0.39 is 0 Å². The second-order valence-corrected chi connectivity index (χ2v) is 9.99. The van der Waals surface area contributed by atoms with E-state index in [0.29, 0.717) is 0 Å². The van der Waals surface area contributed by atoms with Crippen molar-refractivity contribution in [1.82, 2.24) is 0 Å². The Morgan fingerprint density at radius 3 is 1.92 bits per heavy atom. The minimum atomic E-state index is 0.145. The van der Waals surface area contributed by atoms with Crippen molar-refractivity contribution in [2.45, 2.75) is 79.1 Å². The highest BCUT2D eigenvalue weighted by atomic mass is 14.3. The van der Waals surface area contributed by atoms with Crippen LogP contribution >= 0.6 is 0 Å². The van der Waals surface area contributed by atoms with Gasteiger partial charge in [0.05, 0.1) is 0 Å². The van der Waals surface area contributed by atoms with E-state index in [0.717, 1.165) is 12.8 Å². The summed E-state index contributed by atoms with van der Waals surface area (Å²) in [5.41, 5.74) is 11.9. The molecule has 0 unspecified atom stereocenters. The van der Waals surface area contributed by atoms with E-state index in [1.165, 1.54) is 44.5 Å². The molecule has 0 N–H and O–H groups in total. The molecule has 0 heterocycles. The molecule has 138 valence electrons. The van der Waals surface area contributed by atoms with Crippen molar-refractivity contribution in [1.29, 1.82) is 0 Å². The van der Waals surface area contributed by atoms with Gasteiger partial charge >= 0.3 is 0 Å². The molecular weight excluding hydrogens is 312 g/mol. The Hall–Kier alpha value is -1.82. The fourth-order valence-electron chi connectivity index (χ4n) is 3.90. The largest absolute Gasteiger partial charge is 0.0683 e. The maximum Gasteiger partial charge on any atom is -0.00604 e. The zero-order chi connectivity index (χ0) is 19.3. The quantitative estimate of drug-likeness (QED) is 0.529. The highest BCUT2D eigenvalue weighted by Gasteiger charge is 2.23. The molecule has 0 spiro atoms. The third kappa shape index (κ3) is 3.52. The van der Waals surface area contributed by atoms with Gasteiger partial charge in [-0.15, -0.1) is 0 Å². The molecule has 0 saturated carbocycles. The number of hydrogen-bond donors (Lipinski definition) is 0. The summed E-state index contributed by atoms with van der Waals surface area (Å²) in [4.78, 5) is 0. The Bertz CT molecular complexity index is 832. The van der Waals surface area contributed by atoms with Crippen molar-refractivity contribution >= 4 is 6.08 Å². The van der Waals surface area contributed by atoms with Crippen LogP contribution in [0.1, 0.15) is 83.2 Å². The molecule has 0 amide bonds. The Morgan fingerprint density at radius 1 is 0.846 bits per heavy atom. The van der Waals surface area contributed by atoms with Gasteiger partial charge in [0.2, 0.25) is 0 Å². The minimum absolute atomic E-state index is 0.145. The number of benzene rings is 2. The second-order valence-electron chi connectivity index (χ2n) is 9.99. The highest BCUT2D eigenvalue weighted by Crippen LogP contribution is 2.40. The standard InChI is InChI=1S/C26H34/c1-9-18-10-11-19-12-17(2)13-23(19)24(18)20-14-21(25(3,4)5)16-22(15-20)26(6,7)8/h10-11,13-16H,9,12H2,1-8H3. The monoisotopic (exact) mass is 346 g/mol. The molecule has 2 aromatic rings. The molecule has 0 bridgehead atoms. The molecule has 0 radical (unpaired) electrons. The van der Waals surface area contributed by atoms with Crippen LogP contribution in [0.15, 0.2) is 35.9 Å². The summed E-state index contributed by atoms with van der Waals surface area (Å²) in [6.45, 7) is 18.4. The molecule has 2 aromatic carbocycles. The van der Waals surface area contributed by atoms with Crippen molar-refractivity contribution in [3.63, 3.8) is 0 Å². The van der Waals surface area contributed by atoms with E-state index in [1.54, 1.807) is 0 Å². The first-order valence-corrected chi connectivity index (χ1v) is 9.99. The summed E-state index contributed by atoms with van der Waals surface area (Å²) in [6, 6.07) is 12.0. The molecule has 0 aliphatic heterocycles. The van der Waals surface area contributed by atoms with Crippen LogP contribution in [0.4, 0.5) is 0 Å². The van der Waals surface area contributed by atoms with Gasteiger partial charge in [-0.3, -0.25) is 0 Å². The summed E-state index contributed by atoms with van der Waals surface area (Å²) in [5, 5.41) is 0. The summed E-state index contributed by atoms with van der Waals surface area (Å²) in [7, 11) is 0. The SMILES string of the molecule is CCc1ccc2c(c1-c1cc(C(C)(C)C)cc(C(C)(C)C)c1)C=C(C)C2. The number of allylic oxidation sites excluding steroid dienone is 1. The number of rotatable bonds is 2. The van der Waals surface area contributed by atoms with Gasteiger partial charge in [-0.05, 0) is 69.5 Å². The van der Waals surface area contributed by atoms with Crippen LogP contribution in [0.25, 0.3) is 17.2 Å². The summed E-state index contributed by atoms with van der Waals surface area (Å²) < 4.78 is 0. The third-order valence-corrected chi connectivity index (χ3v) is 5.62. The maximum absolute atomic E-state index is 2.44. The maximum atomic E-state index is 2.44. The lowest BCUT2D eigenvalue weighted by atomic mass is 9.78. The van der Waals surface area contributed by atoms with Crippen LogP contribution in [0, 0.1) is 0 Å². The zero-order valence-electron chi connectivity index (χ0n) is 17.9. The molecule has 0 heteroatoms. The first-order chi connectivity index (χ1) is 12.0. The van der Waals surface area contributed by atoms with E-state index in [-0.39, 0.29) is 10.8 Å². The van der Waals surface area contributed by atoms with Crippen molar-refractivity contribution < 1.29 is 0 Å². The molecule has 26 heavy (non-hydrogen) atoms. The summed E-state index contributed by atoms with van der Waals surface area (Å²) in [6.07, 6.45) is 4.57. The Labute approximate surface area is 160 Å². The van der Waals surface area contributed by atoms with Crippen molar-refractivity contribution in [2.75, 3.05) is 0 Å². The minimum Gasteiger partial charge on any atom is -0.0683 e. The van der Waals surface area contributed by atoms with Crippen LogP contribution in [-0.4, -0.2) is 0 Å². The fourth-order valence-corrected chi connectivity index (χ4v) is 3.90. The van der Waals surface area contributed by atoms with E-state index in [4.69, 9.17) is 0 Å². The number of aryl methyl sites for hydroxylation is 1. The molecule has 1 aliphatic rings. The van der Waals surface area contributed by atoms with Crippen molar-refractivity contribution in [3.8, 4) is 11.1 Å².